The summed E-state index contributed by atoms with van der Waals surface area (Å²) in [6, 6.07) is 3.11. The number of hydrogen-bond donors (Lipinski definition) is 1. The summed E-state index contributed by atoms with van der Waals surface area (Å²) in [6.07, 6.45) is 5.25. The Kier molecular flexibility index (Phi) is 5.28. The summed E-state index contributed by atoms with van der Waals surface area (Å²) >= 11 is 5.61. The van der Waals surface area contributed by atoms with Crippen LogP contribution in [0, 0.1) is 5.92 Å². The molecule has 0 radical (unpaired) electrons. The Bertz CT molecular complexity index is 419. The van der Waals surface area contributed by atoms with Gasteiger partial charge in [0.15, 0.2) is 11.0 Å². The molecule has 1 saturated carbocycles. The van der Waals surface area contributed by atoms with Gasteiger partial charge in [-0.05, 0) is 42.5 Å². The molecule has 1 aromatic rings. The van der Waals surface area contributed by atoms with Crippen LogP contribution in [0.4, 0.5) is 0 Å². The van der Waals surface area contributed by atoms with Gasteiger partial charge in [0, 0.05) is 6.54 Å². The normalized spacial score (nSPS) is 23.3. The second kappa shape index (κ2) is 6.96. The molecular formula is C14H20ClNO3. The fraction of sp³-hybridized carbons (Fsp3) is 0.643. The molecule has 5 heteroatoms. The van der Waals surface area contributed by atoms with E-state index in [1.807, 2.05) is 0 Å². The van der Waals surface area contributed by atoms with Crippen molar-refractivity contribution in [2.45, 2.75) is 38.7 Å². The Morgan fingerprint density at radius 2 is 2.26 bits per heavy atom. The summed E-state index contributed by atoms with van der Waals surface area (Å²) in [5.74, 6) is 0.594. The van der Waals surface area contributed by atoms with Crippen LogP contribution in [0.15, 0.2) is 16.5 Å². The minimum absolute atomic E-state index is 0.220. The van der Waals surface area contributed by atoms with Gasteiger partial charge in [0.2, 0.25) is 0 Å². The van der Waals surface area contributed by atoms with Gasteiger partial charge in [-0.1, -0.05) is 19.8 Å². The molecule has 2 unspecified atom stereocenters. The van der Waals surface area contributed by atoms with Crippen molar-refractivity contribution >= 4 is 17.5 Å². The number of carbonyl (C=O) groups is 1. The van der Waals surface area contributed by atoms with Crippen molar-refractivity contribution in [1.82, 2.24) is 5.32 Å². The van der Waals surface area contributed by atoms with Gasteiger partial charge in [0.05, 0.1) is 12.7 Å². The standard InChI is InChI=1S/C14H20ClNO3/c1-10-4-2-3-5-11(10)18-9-8-16-14(17)12-6-7-13(15)19-12/h6-7,10-11H,2-5,8-9H2,1H3,(H,16,17). The van der Waals surface area contributed by atoms with Crippen LogP contribution in [0.3, 0.4) is 0 Å². The zero-order valence-corrected chi connectivity index (χ0v) is 11.9. The van der Waals surface area contributed by atoms with Crippen LogP contribution in [-0.4, -0.2) is 25.2 Å². The first-order valence-electron chi connectivity index (χ1n) is 6.82. The summed E-state index contributed by atoms with van der Waals surface area (Å²) in [5.41, 5.74) is 0. The third-order valence-electron chi connectivity index (χ3n) is 3.55. The molecule has 1 aromatic heterocycles. The number of rotatable bonds is 5. The highest BCUT2D eigenvalue weighted by Gasteiger charge is 2.21. The number of ether oxygens (including phenoxy) is 1. The van der Waals surface area contributed by atoms with E-state index in [-0.39, 0.29) is 16.9 Å². The average molecular weight is 286 g/mol. The lowest BCUT2D eigenvalue weighted by Gasteiger charge is -2.28. The first-order valence-corrected chi connectivity index (χ1v) is 7.20. The third kappa shape index (κ3) is 4.25. The van der Waals surface area contributed by atoms with Gasteiger partial charge in [0.1, 0.15) is 0 Å². The van der Waals surface area contributed by atoms with E-state index in [4.69, 9.17) is 20.8 Å². The van der Waals surface area contributed by atoms with E-state index in [0.29, 0.717) is 25.2 Å². The SMILES string of the molecule is CC1CCCCC1OCCNC(=O)c1ccc(Cl)o1. The van der Waals surface area contributed by atoms with Crippen LogP contribution in [0.2, 0.25) is 5.22 Å². The molecule has 1 N–H and O–H groups in total. The molecule has 106 valence electrons. The molecule has 1 aliphatic rings. The van der Waals surface area contributed by atoms with E-state index in [0.717, 1.165) is 6.42 Å². The Hall–Kier alpha value is -1.00. The van der Waals surface area contributed by atoms with Gasteiger partial charge in [-0.2, -0.15) is 0 Å². The smallest absolute Gasteiger partial charge is 0.287 e. The summed E-state index contributed by atoms with van der Waals surface area (Å²) in [4.78, 5) is 11.7. The average Bonchev–Trinajstić information content (AvgIpc) is 2.83. The Balaban J connectivity index is 1.65. The molecule has 2 atom stereocenters. The Labute approximate surface area is 118 Å². The predicted molar refractivity (Wildman–Crippen MR) is 73.4 cm³/mol. The van der Waals surface area contributed by atoms with E-state index < -0.39 is 0 Å². The van der Waals surface area contributed by atoms with Crippen LogP contribution in [0.5, 0.6) is 0 Å². The largest absolute Gasteiger partial charge is 0.440 e. The van der Waals surface area contributed by atoms with E-state index in [9.17, 15) is 4.79 Å². The van der Waals surface area contributed by atoms with Crippen molar-refractivity contribution in [2.75, 3.05) is 13.2 Å². The van der Waals surface area contributed by atoms with Gasteiger partial charge in [-0.3, -0.25) is 4.79 Å². The predicted octanol–water partition coefficient (Wildman–Crippen LogP) is 3.26. The fourth-order valence-corrected chi connectivity index (χ4v) is 2.57. The maximum absolute atomic E-state index is 11.7. The summed E-state index contributed by atoms with van der Waals surface area (Å²) < 4.78 is 10.8. The van der Waals surface area contributed by atoms with E-state index >= 15 is 0 Å². The van der Waals surface area contributed by atoms with E-state index in [1.54, 1.807) is 12.1 Å². The highest BCUT2D eigenvalue weighted by atomic mass is 35.5. The summed E-state index contributed by atoms with van der Waals surface area (Å²) in [7, 11) is 0. The monoisotopic (exact) mass is 285 g/mol. The number of nitrogens with one attached hydrogen (secondary N) is 1. The van der Waals surface area contributed by atoms with Gasteiger partial charge >= 0.3 is 0 Å². The maximum atomic E-state index is 11.7. The zero-order valence-electron chi connectivity index (χ0n) is 11.2. The first kappa shape index (κ1) is 14.4. The van der Waals surface area contributed by atoms with Gasteiger partial charge in [-0.15, -0.1) is 0 Å². The molecule has 1 aliphatic carbocycles. The zero-order chi connectivity index (χ0) is 13.7. The molecule has 19 heavy (non-hydrogen) atoms. The molecule has 0 saturated heterocycles. The van der Waals surface area contributed by atoms with Crippen molar-refractivity contribution in [3.05, 3.63) is 23.1 Å². The number of furan rings is 1. The highest BCUT2D eigenvalue weighted by Crippen LogP contribution is 2.25. The van der Waals surface area contributed by atoms with Crippen LogP contribution in [-0.2, 0) is 4.74 Å². The number of carbonyl (C=O) groups excluding carboxylic acids is 1. The molecular weight excluding hydrogens is 266 g/mol. The summed E-state index contributed by atoms with van der Waals surface area (Å²) in [5, 5.41) is 2.97. The molecule has 0 aliphatic heterocycles. The topological polar surface area (TPSA) is 51.5 Å². The minimum atomic E-state index is -0.257. The van der Waals surface area contributed by atoms with Crippen molar-refractivity contribution in [3.8, 4) is 0 Å². The van der Waals surface area contributed by atoms with Crippen molar-refractivity contribution in [1.29, 1.82) is 0 Å². The number of hydrogen-bond acceptors (Lipinski definition) is 3. The molecule has 1 fully saturated rings. The summed E-state index contributed by atoms with van der Waals surface area (Å²) in [6.45, 7) is 3.25. The molecule has 1 heterocycles. The van der Waals surface area contributed by atoms with Crippen LogP contribution >= 0.6 is 11.6 Å². The molecule has 0 aromatic carbocycles. The molecule has 0 spiro atoms. The van der Waals surface area contributed by atoms with E-state index in [1.165, 1.54) is 19.3 Å². The van der Waals surface area contributed by atoms with Gasteiger partial charge in [0.25, 0.3) is 5.91 Å². The first-order chi connectivity index (χ1) is 9.16. The number of halogens is 1. The second-order valence-corrected chi connectivity index (χ2v) is 5.40. The van der Waals surface area contributed by atoms with Gasteiger partial charge in [-0.25, -0.2) is 0 Å². The van der Waals surface area contributed by atoms with Crippen LogP contribution in [0.25, 0.3) is 0 Å². The lowest BCUT2D eigenvalue weighted by atomic mass is 9.88. The second-order valence-electron chi connectivity index (χ2n) is 5.03. The van der Waals surface area contributed by atoms with Crippen LogP contribution < -0.4 is 5.32 Å². The molecule has 2 rings (SSSR count). The van der Waals surface area contributed by atoms with Crippen molar-refractivity contribution < 1.29 is 13.9 Å². The van der Waals surface area contributed by atoms with Crippen LogP contribution in [0.1, 0.15) is 43.2 Å². The Morgan fingerprint density at radius 3 is 2.95 bits per heavy atom. The molecule has 0 bridgehead atoms. The van der Waals surface area contributed by atoms with Crippen molar-refractivity contribution in [2.24, 2.45) is 5.92 Å². The maximum Gasteiger partial charge on any atom is 0.287 e. The number of amides is 1. The minimum Gasteiger partial charge on any atom is -0.440 e. The third-order valence-corrected chi connectivity index (χ3v) is 3.75. The quantitative estimate of drug-likeness (QED) is 0.845. The van der Waals surface area contributed by atoms with E-state index in [2.05, 4.69) is 12.2 Å². The Morgan fingerprint density at radius 1 is 1.47 bits per heavy atom. The lowest BCUT2D eigenvalue weighted by Crippen LogP contribution is -2.31. The van der Waals surface area contributed by atoms with Crippen molar-refractivity contribution in [3.63, 3.8) is 0 Å². The molecule has 1 amide bonds. The highest BCUT2D eigenvalue weighted by molar-refractivity contribution is 6.29. The molecule has 4 nitrogen and oxygen atoms in total. The fourth-order valence-electron chi connectivity index (χ4n) is 2.43. The lowest BCUT2D eigenvalue weighted by molar-refractivity contribution is -0.00300. The van der Waals surface area contributed by atoms with Gasteiger partial charge < -0.3 is 14.5 Å².